The van der Waals surface area contributed by atoms with Gasteiger partial charge in [0.05, 0.1) is 18.8 Å². The third-order valence-corrected chi connectivity index (χ3v) is 3.87. The van der Waals surface area contributed by atoms with Crippen LogP contribution < -0.4 is 4.74 Å². The van der Waals surface area contributed by atoms with Gasteiger partial charge in [-0.25, -0.2) is 0 Å². The molecule has 2 aromatic rings. The van der Waals surface area contributed by atoms with E-state index in [-0.39, 0.29) is 0 Å². The van der Waals surface area contributed by atoms with Gasteiger partial charge in [-0.05, 0) is 48.1 Å². The van der Waals surface area contributed by atoms with Crippen molar-refractivity contribution in [1.82, 2.24) is 4.98 Å². The Balaban J connectivity index is 2.06. The monoisotopic (exact) mass is 280 g/mol. The van der Waals surface area contributed by atoms with Crippen LogP contribution in [0.2, 0.25) is 0 Å². The number of hydrogen-bond donors (Lipinski definition) is 1. The predicted octanol–water partition coefficient (Wildman–Crippen LogP) is 3.07. The number of ether oxygens (including phenoxy) is 1. The largest absolute Gasteiger partial charge is 0.495 e. The van der Waals surface area contributed by atoms with E-state index in [2.05, 4.69) is 11.1 Å². The van der Waals surface area contributed by atoms with Crippen molar-refractivity contribution < 1.29 is 9.84 Å². The summed E-state index contributed by atoms with van der Waals surface area (Å²) < 4.78 is 5.25. The van der Waals surface area contributed by atoms with Crippen LogP contribution in [0.5, 0.6) is 5.75 Å². The van der Waals surface area contributed by atoms with Crippen molar-refractivity contribution in [1.29, 1.82) is 5.26 Å². The van der Waals surface area contributed by atoms with Gasteiger partial charge in [-0.15, -0.1) is 0 Å². The quantitative estimate of drug-likeness (QED) is 0.934. The normalized spacial score (nSPS) is 15.3. The summed E-state index contributed by atoms with van der Waals surface area (Å²) in [5.41, 5.74) is 3.17. The van der Waals surface area contributed by atoms with E-state index in [1.165, 1.54) is 0 Å². The molecule has 1 saturated carbocycles. The molecule has 0 saturated heterocycles. The molecular formula is C17H16N2O2. The zero-order chi connectivity index (χ0) is 14.8. The van der Waals surface area contributed by atoms with Gasteiger partial charge >= 0.3 is 0 Å². The fraction of sp³-hybridized carbons (Fsp3) is 0.294. The topological polar surface area (TPSA) is 66.1 Å². The van der Waals surface area contributed by atoms with Crippen molar-refractivity contribution >= 4 is 0 Å². The Labute approximate surface area is 123 Å². The van der Waals surface area contributed by atoms with E-state index >= 15 is 0 Å². The summed E-state index contributed by atoms with van der Waals surface area (Å²) >= 11 is 0. The molecule has 0 bridgehead atoms. The second-order valence-corrected chi connectivity index (χ2v) is 5.27. The molecule has 4 heteroatoms. The van der Waals surface area contributed by atoms with Gasteiger partial charge in [0, 0.05) is 18.0 Å². The average molecular weight is 280 g/mol. The molecule has 3 rings (SSSR count). The summed E-state index contributed by atoms with van der Waals surface area (Å²) in [6, 6.07) is 9.38. The lowest BCUT2D eigenvalue weighted by molar-refractivity contribution is 0.154. The first-order chi connectivity index (χ1) is 10.2. The van der Waals surface area contributed by atoms with E-state index in [0.29, 0.717) is 17.2 Å². The summed E-state index contributed by atoms with van der Waals surface area (Å²) in [6.45, 7) is 0. The predicted molar refractivity (Wildman–Crippen MR) is 78.6 cm³/mol. The molecule has 4 nitrogen and oxygen atoms in total. The number of pyridine rings is 1. The van der Waals surface area contributed by atoms with Gasteiger partial charge in [0.2, 0.25) is 0 Å². The van der Waals surface area contributed by atoms with Crippen molar-refractivity contribution in [3.05, 3.63) is 47.8 Å². The number of hydrogen-bond acceptors (Lipinski definition) is 4. The van der Waals surface area contributed by atoms with Crippen molar-refractivity contribution in [2.45, 2.75) is 18.9 Å². The van der Waals surface area contributed by atoms with Gasteiger partial charge in [0.25, 0.3) is 0 Å². The molecule has 1 aliphatic carbocycles. The highest BCUT2D eigenvalue weighted by atomic mass is 16.5. The van der Waals surface area contributed by atoms with Crippen molar-refractivity contribution in [3.63, 3.8) is 0 Å². The lowest BCUT2D eigenvalue weighted by atomic mass is 9.95. The molecule has 0 amide bonds. The Bertz CT molecular complexity index is 702. The number of aliphatic hydroxyl groups is 1. The Kier molecular flexibility index (Phi) is 3.59. The van der Waals surface area contributed by atoms with Crippen LogP contribution in [0.3, 0.4) is 0 Å². The number of benzene rings is 1. The van der Waals surface area contributed by atoms with Crippen LogP contribution in [-0.2, 0) is 0 Å². The third-order valence-electron chi connectivity index (χ3n) is 3.87. The van der Waals surface area contributed by atoms with Gasteiger partial charge in [0.15, 0.2) is 0 Å². The summed E-state index contributed by atoms with van der Waals surface area (Å²) in [4.78, 5) is 4.17. The van der Waals surface area contributed by atoms with Gasteiger partial charge in [-0.3, -0.25) is 4.98 Å². The van der Waals surface area contributed by atoms with Gasteiger partial charge in [-0.2, -0.15) is 5.26 Å². The molecule has 1 fully saturated rings. The summed E-state index contributed by atoms with van der Waals surface area (Å²) in [5.74, 6) is 0.886. The fourth-order valence-corrected chi connectivity index (χ4v) is 2.52. The SMILES string of the molecule is COc1cc(-c2cnccc2[C@H](O)C2CC2)ccc1C#N. The van der Waals surface area contributed by atoms with Gasteiger partial charge in [0.1, 0.15) is 11.8 Å². The molecule has 1 heterocycles. The summed E-state index contributed by atoms with van der Waals surface area (Å²) in [6.07, 6.45) is 5.14. The number of nitriles is 1. The number of rotatable bonds is 4. The number of aliphatic hydroxyl groups excluding tert-OH is 1. The maximum Gasteiger partial charge on any atom is 0.137 e. The van der Waals surface area contributed by atoms with E-state index in [1.54, 1.807) is 25.6 Å². The molecular weight excluding hydrogens is 264 g/mol. The van der Waals surface area contributed by atoms with Crippen LogP contribution in [0.25, 0.3) is 11.1 Å². The molecule has 21 heavy (non-hydrogen) atoms. The number of methoxy groups -OCH3 is 1. The first kappa shape index (κ1) is 13.6. The van der Waals surface area contributed by atoms with Crippen LogP contribution in [0, 0.1) is 17.2 Å². The molecule has 1 atom stereocenters. The van der Waals surface area contributed by atoms with Gasteiger partial charge in [-0.1, -0.05) is 6.07 Å². The number of nitrogens with zero attached hydrogens (tertiary/aromatic N) is 2. The Hall–Kier alpha value is -2.38. The molecule has 1 aliphatic rings. The van der Waals surface area contributed by atoms with E-state index < -0.39 is 6.10 Å². The van der Waals surface area contributed by atoms with Crippen LogP contribution in [0.4, 0.5) is 0 Å². The van der Waals surface area contributed by atoms with E-state index in [0.717, 1.165) is 29.5 Å². The Morgan fingerprint density at radius 3 is 2.86 bits per heavy atom. The zero-order valence-corrected chi connectivity index (χ0v) is 11.8. The molecule has 0 spiro atoms. The summed E-state index contributed by atoms with van der Waals surface area (Å²) in [7, 11) is 1.54. The zero-order valence-electron chi connectivity index (χ0n) is 11.8. The summed E-state index contributed by atoms with van der Waals surface area (Å²) in [5, 5.41) is 19.5. The molecule has 1 aromatic carbocycles. The molecule has 1 N–H and O–H groups in total. The molecule has 0 unspecified atom stereocenters. The highest BCUT2D eigenvalue weighted by molar-refractivity contribution is 5.70. The minimum Gasteiger partial charge on any atom is -0.495 e. The van der Waals surface area contributed by atoms with Crippen molar-refractivity contribution in [2.75, 3.05) is 7.11 Å². The number of aromatic nitrogens is 1. The molecule has 0 radical (unpaired) electrons. The molecule has 106 valence electrons. The van der Waals surface area contributed by atoms with Gasteiger partial charge < -0.3 is 9.84 Å². The van der Waals surface area contributed by atoms with E-state index in [1.807, 2.05) is 18.2 Å². The Morgan fingerprint density at radius 1 is 1.38 bits per heavy atom. The molecule has 1 aromatic heterocycles. The smallest absolute Gasteiger partial charge is 0.137 e. The van der Waals surface area contributed by atoms with E-state index in [4.69, 9.17) is 10.00 Å². The average Bonchev–Trinajstić information content (AvgIpc) is 3.38. The lowest BCUT2D eigenvalue weighted by Crippen LogP contribution is -2.02. The maximum absolute atomic E-state index is 10.4. The van der Waals surface area contributed by atoms with Crippen LogP contribution >= 0.6 is 0 Å². The standard InChI is InChI=1S/C17H16N2O2/c1-21-16-8-12(4-5-13(16)9-18)15-10-19-7-6-14(15)17(20)11-2-3-11/h4-8,10-11,17,20H,2-3H2,1H3/t17-/m1/s1. The highest BCUT2D eigenvalue weighted by Crippen LogP contribution is 2.43. The second-order valence-electron chi connectivity index (χ2n) is 5.27. The maximum atomic E-state index is 10.4. The van der Waals surface area contributed by atoms with Crippen molar-refractivity contribution in [2.24, 2.45) is 5.92 Å². The highest BCUT2D eigenvalue weighted by Gasteiger charge is 2.32. The van der Waals surface area contributed by atoms with Crippen LogP contribution in [-0.4, -0.2) is 17.2 Å². The van der Waals surface area contributed by atoms with Crippen molar-refractivity contribution in [3.8, 4) is 22.9 Å². The fourth-order valence-electron chi connectivity index (χ4n) is 2.52. The minimum absolute atomic E-state index is 0.353. The minimum atomic E-state index is -0.454. The van der Waals surface area contributed by atoms with Crippen LogP contribution in [0.15, 0.2) is 36.7 Å². The lowest BCUT2D eigenvalue weighted by Gasteiger charge is -2.15. The van der Waals surface area contributed by atoms with Crippen LogP contribution in [0.1, 0.15) is 30.1 Å². The molecule has 0 aliphatic heterocycles. The first-order valence-electron chi connectivity index (χ1n) is 6.95. The van der Waals surface area contributed by atoms with E-state index in [9.17, 15) is 5.11 Å². The Morgan fingerprint density at radius 2 is 2.19 bits per heavy atom. The third kappa shape index (κ3) is 2.61. The second kappa shape index (κ2) is 5.55. The first-order valence-corrected chi connectivity index (χ1v) is 6.95.